The number of rotatable bonds is 6. The highest BCUT2D eigenvalue weighted by Crippen LogP contribution is 2.30. The summed E-state index contributed by atoms with van der Waals surface area (Å²) >= 11 is 1.28. The Kier molecular flexibility index (Phi) is 6.63. The van der Waals surface area contributed by atoms with Gasteiger partial charge in [0.15, 0.2) is 11.5 Å². The minimum absolute atomic E-state index is 0.0661. The Balaban J connectivity index is 1.81. The fraction of sp³-hybridized carbons (Fsp3) is 0.0870. The topological polar surface area (TPSA) is 88.4 Å². The number of nitrogens with zero attached hydrogens (tertiary/aromatic N) is 1. The molecule has 0 radical (unpaired) electrons. The van der Waals surface area contributed by atoms with E-state index in [1.807, 2.05) is 25.1 Å². The van der Waals surface area contributed by atoms with E-state index < -0.39 is 11.9 Å². The number of methoxy groups -OCH3 is 1. The number of ether oxygens (including phenoxy) is 2. The minimum Gasteiger partial charge on any atom is -0.493 e. The number of esters is 1. The number of benzene rings is 2. The summed E-state index contributed by atoms with van der Waals surface area (Å²) in [5, 5.41) is 14.0. The van der Waals surface area contributed by atoms with Crippen LogP contribution in [0.4, 0.5) is 5.69 Å². The first-order chi connectivity index (χ1) is 14.5. The van der Waals surface area contributed by atoms with Crippen LogP contribution in [-0.2, 0) is 4.79 Å². The third kappa shape index (κ3) is 4.93. The molecule has 2 aromatic carbocycles. The number of aryl methyl sites for hydroxylation is 1. The predicted molar refractivity (Wildman–Crippen MR) is 116 cm³/mol. The van der Waals surface area contributed by atoms with Gasteiger partial charge in [-0.25, -0.2) is 4.79 Å². The maximum atomic E-state index is 12.5. The molecule has 0 aliphatic carbocycles. The second kappa shape index (κ2) is 9.54. The van der Waals surface area contributed by atoms with Gasteiger partial charge in [0.05, 0.1) is 7.11 Å². The number of hydrogen-bond acceptors (Lipinski definition) is 6. The molecule has 0 atom stereocenters. The van der Waals surface area contributed by atoms with Gasteiger partial charge in [-0.2, -0.15) is 5.26 Å². The van der Waals surface area contributed by atoms with E-state index in [9.17, 15) is 14.9 Å². The summed E-state index contributed by atoms with van der Waals surface area (Å²) in [4.78, 5) is 25.1. The van der Waals surface area contributed by atoms with E-state index in [0.717, 1.165) is 5.56 Å². The van der Waals surface area contributed by atoms with Gasteiger partial charge in [0, 0.05) is 5.69 Å². The molecule has 0 aliphatic rings. The van der Waals surface area contributed by atoms with E-state index in [1.54, 1.807) is 47.8 Å². The van der Waals surface area contributed by atoms with Gasteiger partial charge in [-0.1, -0.05) is 30.3 Å². The number of amides is 1. The van der Waals surface area contributed by atoms with Gasteiger partial charge in [-0.3, -0.25) is 4.79 Å². The molecule has 1 N–H and O–H groups in total. The first kappa shape index (κ1) is 20.8. The Morgan fingerprint density at radius 3 is 2.57 bits per heavy atom. The zero-order chi connectivity index (χ0) is 21.5. The SMILES string of the molecule is COc1cc(/C=C(\C#N)C(=O)Nc2ccccc2C)ccc1OC(=O)c1cccs1. The molecule has 3 aromatic rings. The van der Waals surface area contributed by atoms with Crippen LogP contribution in [0.5, 0.6) is 11.5 Å². The van der Waals surface area contributed by atoms with E-state index in [2.05, 4.69) is 5.32 Å². The second-order valence-electron chi connectivity index (χ2n) is 6.22. The third-order valence-corrected chi connectivity index (χ3v) is 5.03. The molecule has 0 saturated heterocycles. The number of nitriles is 1. The Hall–Kier alpha value is -3.89. The molecule has 1 aromatic heterocycles. The standard InChI is InChI=1S/C23H18N2O4S/c1-15-6-3-4-7-18(15)25-22(26)17(14-24)12-16-9-10-19(20(13-16)28-2)29-23(27)21-8-5-11-30-21/h3-13H,1-2H3,(H,25,26)/b17-12+. The van der Waals surface area contributed by atoms with Gasteiger partial charge < -0.3 is 14.8 Å². The molecule has 30 heavy (non-hydrogen) atoms. The highest BCUT2D eigenvalue weighted by molar-refractivity contribution is 7.12. The average Bonchev–Trinajstić information content (AvgIpc) is 3.29. The van der Waals surface area contributed by atoms with Gasteiger partial charge in [0.25, 0.3) is 5.91 Å². The monoisotopic (exact) mass is 418 g/mol. The lowest BCUT2D eigenvalue weighted by atomic mass is 10.1. The maximum Gasteiger partial charge on any atom is 0.353 e. The third-order valence-electron chi connectivity index (χ3n) is 4.18. The van der Waals surface area contributed by atoms with Crippen molar-refractivity contribution in [1.29, 1.82) is 5.26 Å². The summed E-state index contributed by atoms with van der Waals surface area (Å²) in [6.07, 6.45) is 1.45. The summed E-state index contributed by atoms with van der Waals surface area (Å²) in [5.74, 6) is -0.443. The predicted octanol–water partition coefficient (Wildman–Crippen LogP) is 4.83. The van der Waals surface area contributed by atoms with Gasteiger partial charge in [-0.15, -0.1) is 11.3 Å². The highest BCUT2D eigenvalue weighted by atomic mass is 32.1. The lowest BCUT2D eigenvalue weighted by Crippen LogP contribution is -2.14. The van der Waals surface area contributed by atoms with Crippen molar-refractivity contribution in [2.75, 3.05) is 12.4 Å². The van der Waals surface area contributed by atoms with Gasteiger partial charge >= 0.3 is 5.97 Å². The molecule has 0 saturated carbocycles. The van der Waals surface area contributed by atoms with Crippen LogP contribution in [0.25, 0.3) is 6.08 Å². The van der Waals surface area contributed by atoms with Crippen molar-refractivity contribution in [3.05, 3.63) is 81.6 Å². The molecule has 1 amide bonds. The zero-order valence-corrected chi connectivity index (χ0v) is 17.2. The molecule has 0 unspecified atom stereocenters. The van der Waals surface area contributed by atoms with Crippen molar-refractivity contribution in [2.45, 2.75) is 6.92 Å². The highest BCUT2D eigenvalue weighted by Gasteiger charge is 2.15. The number of para-hydroxylation sites is 1. The lowest BCUT2D eigenvalue weighted by molar-refractivity contribution is -0.112. The lowest BCUT2D eigenvalue weighted by Gasteiger charge is -2.10. The van der Waals surface area contributed by atoms with E-state index >= 15 is 0 Å². The van der Waals surface area contributed by atoms with Gasteiger partial charge in [-0.05, 0) is 53.8 Å². The maximum absolute atomic E-state index is 12.5. The average molecular weight is 418 g/mol. The quantitative estimate of drug-likeness (QED) is 0.268. The van der Waals surface area contributed by atoms with Crippen molar-refractivity contribution in [2.24, 2.45) is 0 Å². The molecular weight excluding hydrogens is 400 g/mol. The number of hydrogen-bond donors (Lipinski definition) is 1. The fourth-order valence-electron chi connectivity index (χ4n) is 2.62. The number of carbonyl (C=O) groups is 2. The molecule has 7 heteroatoms. The number of anilines is 1. The Morgan fingerprint density at radius 1 is 1.10 bits per heavy atom. The molecule has 6 nitrogen and oxygen atoms in total. The van der Waals surface area contributed by atoms with Crippen molar-refractivity contribution in [1.82, 2.24) is 0 Å². The Labute approximate surface area is 178 Å². The van der Waals surface area contributed by atoms with Crippen molar-refractivity contribution >= 4 is 35.0 Å². The van der Waals surface area contributed by atoms with E-state index in [0.29, 0.717) is 21.9 Å². The number of carbonyl (C=O) groups excluding carboxylic acids is 2. The molecular formula is C23H18N2O4S. The molecule has 0 bridgehead atoms. The van der Waals surface area contributed by atoms with Crippen LogP contribution in [0.1, 0.15) is 20.8 Å². The summed E-state index contributed by atoms with van der Waals surface area (Å²) in [6.45, 7) is 1.87. The first-order valence-electron chi connectivity index (χ1n) is 8.94. The van der Waals surface area contributed by atoms with Crippen LogP contribution in [-0.4, -0.2) is 19.0 Å². The molecule has 0 fully saturated rings. The summed E-state index contributed by atoms with van der Waals surface area (Å²) in [6, 6.07) is 17.4. The molecule has 0 spiro atoms. The first-order valence-corrected chi connectivity index (χ1v) is 9.82. The number of thiophene rings is 1. The van der Waals surface area contributed by atoms with Crippen LogP contribution in [0.15, 0.2) is 65.6 Å². The van der Waals surface area contributed by atoms with Crippen LogP contribution in [0, 0.1) is 18.3 Å². The second-order valence-corrected chi connectivity index (χ2v) is 7.16. The Bertz CT molecular complexity index is 1140. The summed E-state index contributed by atoms with van der Waals surface area (Å²) in [7, 11) is 1.45. The largest absolute Gasteiger partial charge is 0.493 e. The molecule has 150 valence electrons. The molecule has 0 aliphatic heterocycles. The van der Waals surface area contributed by atoms with E-state index in [4.69, 9.17) is 9.47 Å². The van der Waals surface area contributed by atoms with E-state index in [1.165, 1.54) is 24.5 Å². The zero-order valence-electron chi connectivity index (χ0n) is 16.3. The van der Waals surface area contributed by atoms with Crippen LogP contribution >= 0.6 is 11.3 Å². The Morgan fingerprint density at radius 2 is 1.90 bits per heavy atom. The summed E-state index contributed by atoms with van der Waals surface area (Å²) in [5.41, 5.74) is 2.02. The van der Waals surface area contributed by atoms with Crippen LogP contribution < -0.4 is 14.8 Å². The fourth-order valence-corrected chi connectivity index (χ4v) is 3.22. The van der Waals surface area contributed by atoms with E-state index in [-0.39, 0.29) is 11.3 Å². The van der Waals surface area contributed by atoms with Crippen molar-refractivity contribution in [3.8, 4) is 17.6 Å². The normalized spacial score (nSPS) is 10.8. The van der Waals surface area contributed by atoms with Crippen molar-refractivity contribution < 1.29 is 19.1 Å². The smallest absolute Gasteiger partial charge is 0.353 e. The number of nitrogens with one attached hydrogen (secondary N) is 1. The summed E-state index contributed by atoms with van der Waals surface area (Å²) < 4.78 is 10.7. The van der Waals surface area contributed by atoms with Gasteiger partial charge in [0.2, 0.25) is 0 Å². The van der Waals surface area contributed by atoms with Crippen LogP contribution in [0.2, 0.25) is 0 Å². The van der Waals surface area contributed by atoms with Crippen LogP contribution in [0.3, 0.4) is 0 Å². The van der Waals surface area contributed by atoms with Crippen molar-refractivity contribution in [3.63, 3.8) is 0 Å². The molecule has 1 heterocycles. The minimum atomic E-state index is -0.515. The molecule has 3 rings (SSSR count). The van der Waals surface area contributed by atoms with Gasteiger partial charge in [0.1, 0.15) is 16.5 Å².